The molecule has 30 heavy (non-hydrogen) atoms. The van der Waals surface area contributed by atoms with Crippen LogP contribution in [0.2, 0.25) is 0 Å². The van der Waals surface area contributed by atoms with Gasteiger partial charge in [0.15, 0.2) is 11.6 Å². The fraction of sp³-hybridized carbons (Fsp3) is 0.318. The van der Waals surface area contributed by atoms with Crippen molar-refractivity contribution in [2.24, 2.45) is 0 Å². The van der Waals surface area contributed by atoms with Crippen molar-refractivity contribution in [3.8, 4) is 5.75 Å². The average Bonchev–Trinajstić information content (AvgIpc) is 2.94. The molecule has 2 aromatic carbocycles. The number of carbonyl (C=O) groups excluding carboxylic acids is 1. The molecule has 0 bridgehead atoms. The van der Waals surface area contributed by atoms with Gasteiger partial charge in [-0.1, -0.05) is 30.3 Å². The molecule has 1 aromatic heterocycles. The lowest BCUT2D eigenvalue weighted by Crippen LogP contribution is -2.38. The molecule has 0 spiro atoms. The minimum Gasteiger partial charge on any atom is -0.485 e. The third-order valence-electron chi connectivity index (χ3n) is 5.32. The lowest BCUT2D eigenvalue weighted by atomic mass is 10.1. The van der Waals surface area contributed by atoms with E-state index in [0.717, 1.165) is 10.1 Å². The number of aliphatic hydroxyl groups excluding tert-OH is 1. The number of ether oxygens (including phenoxy) is 1. The van der Waals surface area contributed by atoms with Gasteiger partial charge in [0.25, 0.3) is 5.56 Å². The number of halogens is 1. The molecule has 3 aromatic rings. The van der Waals surface area contributed by atoms with Gasteiger partial charge in [0.2, 0.25) is 5.91 Å². The molecule has 1 saturated heterocycles. The van der Waals surface area contributed by atoms with Crippen LogP contribution in [0.4, 0.5) is 4.39 Å². The van der Waals surface area contributed by atoms with Crippen LogP contribution in [-0.2, 0) is 11.3 Å². The van der Waals surface area contributed by atoms with Crippen LogP contribution in [0.15, 0.2) is 59.5 Å². The highest BCUT2D eigenvalue weighted by Gasteiger charge is 2.29. The molecule has 1 amide bonds. The second-order valence-electron chi connectivity index (χ2n) is 7.31. The van der Waals surface area contributed by atoms with Crippen molar-refractivity contribution in [2.75, 3.05) is 13.1 Å². The number of benzene rings is 2. The summed E-state index contributed by atoms with van der Waals surface area (Å²) in [5, 5.41) is 15.7. The maximum absolute atomic E-state index is 13.9. The Labute approximate surface area is 172 Å². The Bertz CT molecular complexity index is 1120. The summed E-state index contributed by atoms with van der Waals surface area (Å²) < 4.78 is 20.7. The molecule has 0 saturated carbocycles. The van der Waals surface area contributed by atoms with Crippen LogP contribution >= 0.6 is 0 Å². The largest absolute Gasteiger partial charge is 0.485 e. The Hall–Kier alpha value is -3.26. The van der Waals surface area contributed by atoms with E-state index in [2.05, 4.69) is 5.10 Å². The molecule has 0 aliphatic carbocycles. The molecule has 1 aliphatic rings. The van der Waals surface area contributed by atoms with Crippen molar-refractivity contribution < 1.29 is 19.0 Å². The summed E-state index contributed by atoms with van der Waals surface area (Å²) in [5.74, 6) is -0.685. The van der Waals surface area contributed by atoms with E-state index in [1.165, 1.54) is 12.1 Å². The fourth-order valence-electron chi connectivity index (χ4n) is 3.62. The SMILES string of the molecule is O=C(Cn1ncc2ccccc2c1=O)N1CC[C@H](Oc2ccccc2F)[C@@H](O)CC1. The smallest absolute Gasteiger partial charge is 0.275 e. The van der Waals surface area contributed by atoms with E-state index in [4.69, 9.17) is 4.74 Å². The molecule has 1 fully saturated rings. The van der Waals surface area contributed by atoms with E-state index in [1.807, 2.05) is 6.07 Å². The number of likely N-dealkylation sites (tertiary alicyclic amines) is 1. The zero-order valence-electron chi connectivity index (χ0n) is 16.3. The van der Waals surface area contributed by atoms with E-state index in [0.29, 0.717) is 31.3 Å². The van der Waals surface area contributed by atoms with Crippen molar-refractivity contribution >= 4 is 16.7 Å². The summed E-state index contributed by atoms with van der Waals surface area (Å²) in [4.78, 5) is 26.9. The first kappa shape index (κ1) is 20.0. The molecular weight excluding hydrogens is 389 g/mol. The Kier molecular flexibility index (Phi) is 5.76. The van der Waals surface area contributed by atoms with Gasteiger partial charge in [0.1, 0.15) is 12.6 Å². The van der Waals surface area contributed by atoms with Gasteiger partial charge >= 0.3 is 0 Å². The van der Waals surface area contributed by atoms with Gasteiger partial charge in [-0.25, -0.2) is 9.07 Å². The van der Waals surface area contributed by atoms with Gasteiger partial charge < -0.3 is 14.7 Å². The Morgan fingerprint density at radius 2 is 1.87 bits per heavy atom. The quantitative estimate of drug-likeness (QED) is 0.710. The van der Waals surface area contributed by atoms with Gasteiger partial charge in [-0.05, 0) is 24.6 Å². The third kappa shape index (κ3) is 4.18. The lowest BCUT2D eigenvalue weighted by Gasteiger charge is -2.22. The maximum Gasteiger partial charge on any atom is 0.275 e. The zero-order valence-corrected chi connectivity index (χ0v) is 16.3. The minimum atomic E-state index is -0.830. The maximum atomic E-state index is 13.9. The van der Waals surface area contributed by atoms with Gasteiger partial charge in [0.05, 0.1) is 17.7 Å². The van der Waals surface area contributed by atoms with Gasteiger partial charge in [-0.15, -0.1) is 0 Å². The highest BCUT2D eigenvalue weighted by Crippen LogP contribution is 2.22. The van der Waals surface area contributed by atoms with Crippen LogP contribution in [0.25, 0.3) is 10.8 Å². The number of amides is 1. The van der Waals surface area contributed by atoms with Crippen molar-refractivity contribution in [1.29, 1.82) is 0 Å². The molecule has 1 N–H and O–H groups in total. The molecule has 8 heteroatoms. The van der Waals surface area contributed by atoms with Gasteiger partial charge in [-0.2, -0.15) is 5.10 Å². The topological polar surface area (TPSA) is 84.7 Å². The predicted molar refractivity (Wildman–Crippen MR) is 109 cm³/mol. The monoisotopic (exact) mass is 411 g/mol. The number of hydrogen-bond acceptors (Lipinski definition) is 5. The molecule has 156 valence electrons. The van der Waals surface area contributed by atoms with Crippen molar-refractivity contribution in [3.63, 3.8) is 0 Å². The number of aromatic nitrogens is 2. The van der Waals surface area contributed by atoms with Gasteiger partial charge in [0, 0.05) is 24.9 Å². The van der Waals surface area contributed by atoms with Crippen LogP contribution in [0.5, 0.6) is 5.75 Å². The third-order valence-corrected chi connectivity index (χ3v) is 5.32. The van der Waals surface area contributed by atoms with Crippen molar-refractivity contribution in [1.82, 2.24) is 14.7 Å². The van der Waals surface area contributed by atoms with Crippen molar-refractivity contribution in [3.05, 3.63) is 70.9 Å². The van der Waals surface area contributed by atoms with E-state index in [9.17, 15) is 19.1 Å². The summed E-state index contributed by atoms with van der Waals surface area (Å²) in [6, 6.07) is 13.1. The Morgan fingerprint density at radius 3 is 2.70 bits per heavy atom. The Morgan fingerprint density at radius 1 is 1.13 bits per heavy atom. The zero-order chi connectivity index (χ0) is 21.1. The summed E-state index contributed by atoms with van der Waals surface area (Å²) in [7, 11) is 0. The molecule has 1 aliphatic heterocycles. The molecule has 0 unspecified atom stereocenters. The number of fused-ring (bicyclic) bond motifs is 1. The number of nitrogens with zero attached hydrogens (tertiary/aromatic N) is 3. The number of aliphatic hydroxyl groups is 1. The second-order valence-corrected chi connectivity index (χ2v) is 7.31. The van der Waals surface area contributed by atoms with E-state index in [-0.39, 0.29) is 23.8 Å². The fourth-order valence-corrected chi connectivity index (χ4v) is 3.62. The first-order chi connectivity index (χ1) is 14.5. The molecular formula is C22H22FN3O4. The van der Waals surface area contributed by atoms with Crippen LogP contribution in [0.1, 0.15) is 12.8 Å². The summed E-state index contributed by atoms with van der Waals surface area (Å²) >= 11 is 0. The number of carbonyl (C=O) groups is 1. The van der Waals surface area contributed by atoms with Crippen LogP contribution in [0.3, 0.4) is 0 Å². The molecule has 0 radical (unpaired) electrons. The summed E-state index contributed by atoms with van der Waals surface area (Å²) in [5.41, 5.74) is -0.322. The predicted octanol–water partition coefficient (Wildman–Crippen LogP) is 1.97. The first-order valence-corrected chi connectivity index (χ1v) is 9.85. The van der Waals surface area contributed by atoms with Crippen LogP contribution < -0.4 is 10.3 Å². The first-order valence-electron chi connectivity index (χ1n) is 9.85. The van der Waals surface area contributed by atoms with E-state index in [1.54, 1.807) is 41.4 Å². The molecule has 2 heterocycles. The summed E-state index contributed by atoms with van der Waals surface area (Å²) in [6.07, 6.45) is 0.755. The standard InChI is InChI=1S/C22H22FN3O4/c23-17-7-3-4-8-19(17)30-20-10-12-25(11-9-18(20)27)21(28)14-26-22(29)16-6-2-1-5-15(16)13-24-26/h1-8,13,18,20,27H,9-12,14H2/t18-,20-/m0/s1. The summed E-state index contributed by atoms with van der Waals surface area (Å²) in [6.45, 7) is 0.468. The second kappa shape index (κ2) is 8.62. The highest BCUT2D eigenvalue weighted by molar-refractivity contribution is 5.81. The molecule has 2 atom stereocenters. The van der Waals surface area contributed by atoms with Crippen LogP contribution in [0, 0.1) is 5.82 Å². The Balaban J connectivity index is 1.44. The number of rotatable bonds is 4. The molecule has 4 rings (SSSR count). The average molecular weight is 411 g/mol. The van der Waals surface area contributed by atoms with Gasteiger partial charge in [-0.3, -0.25) is 9.59 Å². The van der Waals surface area contributed by atoms with Crippen molar-refractivity contribution in [2.45, 2.75) is 31.6 Å². The lowest BCUT2D eigenvalue weighted by molar-refractivity contribution is -0.132. The minimum absolute atomic E-state index is 0.0771. The normalized spacial score (nSPS) is 19.5. The number of para-hydroxylation sites is 1. The highest BCUT2D eigenvalue weighted by atomic mass is 19.1. The van der Waals surface area contributed by atoms with E-state index < -0.39 is 18.0 Å². The van der Waals surface area contributed by atoms with E-state index >= 15 is 0 Å². The van der Waals surface area contributed by atoms with Crippen LogP contribution in [-0.4, -0.2) is 51.0 Å². The number of hydrogen-bond donors (Lipinski definition) is 1. The molecule has 7 nitrogen and oxygen atoms in total.